The molecule has 0 unspecified atom stereocenters. The standard InChI is InChI=1S/C23H23ClFNO2/c1-27-21-9-6-17(7-10-21)12-13-26-15-19-14-20(24)8-11-23(19)28-16-18-4-2-3-5-22(18)25/h2-11,14,26H,12-13,15-16H2,1H3. The molecule has 0 aliphatic rings. The Morgan fingerprint density at radius 2 is 1.75 bits per heavy atom. The van der Waals surface area contributed by atoms with Gasteiger partial charge in [-0.15, -0.1) is 0 Å². The summed E-state index contributed by atoms with van der Waals surface area (Å²) >= 11 is 6.14. The zero-order chi connectivity index (χ0) is 19.8. The average Bonchev–Trinajstić information content (AvgIpc) is 2.72. The fraction of sp³-hybridized carbons (Fsp3) is 0.217. The van der Waals surface area contributed by atoms with E-state index in [0.717, 1.165) is 24.3 Å². The molecule has 0 bridgehead atoms. The predicted octanol–water partition coefficient (Wildman–Crippen LogP) is 5.40. The molecule has 0 amide bonds. The highest BCUT2D eigenvalue weighted by molar-refractivity contribution is 6.30. The summed E-state index contributed by atoms with van der Waals surface area (Å²) in [5.74, 6) is 1.28. The minimum atomic E-state index is -0.268. The molecule has 146 valence electrons. The van der Waals surface area contributed by atoms with Crippen LogP contribution in [0.15, 0.2) is 66.7 Å². The van der Waals surface area contributed by atoms with Gasteiger partial charge in [0.2, 0.25) is 0 Å². The molecule has 3 aromatic rings. The van der Waals surface area contributed by atoms with Crippen molar-refractivity contribution in [1.82, 2.24) is 5.32 Å². The number of methoxy groups -OCH3 is 1. The fourth-order valence-electron chi connectivity index (χ4n) is 2.85. The monoisotopic (exact) mass is 399 g/mol. The molecule has 3 rings (SSSR count). The van der Waals surface area contributed by atoms with Crippen molar-refractivity contribution in [3.05, 3.63) is 94.3 Å². The smallest absolute Gasteiger partial charge is 0.129 e. The molecule has 0 spiro atoms. The highest BCUT2D eigenvalue weighted by atomic mass is 35.5. The summed E-state index contributed by atoms with van der Waals surface area (Å²) in [6, 6.07) is 20.1. The number of hydrogen-bond donors (Lipinski definition) is 1. The van der Waals surface area contributed by atoms with Crippen LogP contribution < -0.4 is 14.8 Å². The molecule has 5 heteroatoms. The molecule has 0 atom stereocenters. The summed E-state index contributed by atoms with van der Waals surface area (Å²) in [4.78, 5) is 0. The first kappa shape index (κ1) is 20.2. The van der Waals surface area contributed by atoms with Crippen LogP contribution in [0.4, 0.5) is 4.39 Å². The molecule has 0 aliphatic heterocycles. The Balaban J connectivity index is 1.55. The van der Waals surface area contributed by atoms with Crippen LogP contribution in [-0.2, 0) is 19.6 Å². The summed E-state index contributed by atoms with van der Waals surface area (Å²) in [6.07, 6.45) is 0.899. The zero-order valence-corrected chi connectivity index (χ0v) is 16.5. The lowest BCUT2D eigenvalue weighted by Crippen LogP contribution is -2.17. The van der Waals surface area contributed by atoms with Crippen LogP contribution in [-0.4, -0.2) is 13.7 Å². The molecule has 28 heavy (non-hydrogen) atoms. The van der Waals surface area contributed by atoms with E-state index in [-0.39, 0.29) is 12.4 Å². The van der Waals surface area contributed by atoms with Crippen molar-refractivity contribution in [2.75, 3.05) is 13.7 Å². The van der Waals surface area contributed by atoms with Crippen molar-refractivity contribution in [2.45, 2.75) is 19.6 Å². The molecular formula is C23H23ClFNO2. The molecule has 0 fully saturated rings. The Morgan fingerprint density at radius 3 is 2.50 bits per heavy atom. The van der Waals surface area contributed by atoms with E-state index in [1.807, 2.05) is 24.3 Å². The van der Waals surface area contributed by atoms with Crippen LogP contribution in [0.25, 0.3) is 0 Å². The van der Waals surface area contributed by atoms with Crippen LogP contribution in [0.2, 0.25) is 5.02 Å². The van der Waals surface area contributed by atoms with Gasteiger partial charge >= 0.3 is 0 Å². The van der Waals surface area contributed by atoms with Crippen molar-refractivity contribution in [3.63, 3.8) is 0 Å². The van der Waals surface area contributed by atoms with Gasteiger partial charge in [-0.1, -0.05) is 41.9 Å². The van der Waals surface area contributed by atoms with Gasteiger partial charge in [0, 0.05) is 22.7 Å². The quantitative estimate of drug-likeness (QED) is 0.489. The van der Waals surface area contributed by atoms with Crippen LogP contribution in [0.3, 0.4) is 0 Å². The Morgan fingerprint density at radius 1 is 0.964 bits per heavy atom. The predicted molar refractivity (Wildman–Crippen MR) is 111 cm³/mol. The topological polar surface area (TPSA) is 30.5 Å². The van der Waals surface area contributed by atoms with Gasteiger partial charge in [0.15, 0.2) is 0 Å². The first-order chi connectivity index (χ1) is 13.7. The average molecular weight is 400 g/mol. The fourth-order valence-corrected chi connectivity index (χ4v) is 3.04. The molecule has 3 nitrogen and oxygen atoms in total. The third kappa shape index (κ3) is 5.72. The van der Waals surface area contributed by atoms with Crippen molar-refractivity contribution < 1.29 is 13.9 Å². The second-order valence-electron chi connectivity index (χ2n) is 6.41. The first-order valence-electron chi connectivity index (χ1n) is 9.14. The molecule has 0 radical (unpaired) electrons. The number of ether oxygens (including phenoxy) is 2. The third-order valence-electron chi connectivity index (χ3n) is 4.43. The molecule has 3 aromatic carbocycles. The van der Waals surface area contributed by atoms with Crippen molar-refractivity contribution in [1.29, 1.82) is 0 Å². The van der Waals surface area contributed by atoms with Gasteiger partial charge in [-0.2, -0.15) is 0 Å². The van der Waals surface area contributed by atoms with E-state index in [1.165, 1.54) is 11.6 Å². The summed E-state index contributed by atoms with van der Waals surface area (Å²) in [6.45, 7) is 1.60. The van der Waals surface area contributed by atoms with E-state index in [1.54, 1.807) is 31.4 Å². The van der Waals surface area contributed by atoms with Gasteiger partial charge in [-0.25, -0.2) is 4.39 Å². The summed E-state index contributed by atoms with van der Waals surface area (Å²) in [5, 5.41) is 4.06. The van der Waals surface area contributed by atoms with Crippen LogP contribution in [0.5, 0.6) is 11.5 Å². The number of halogens is 2. The van der Waals surface area contributed by atoms with Gasteiger partial charge in [0.05, 0.1) is 7.11 Å². The largest absolute Gasteiger partial charge is 0.497 e. The molecular weight excluding hydrogens is 377 g/mol. The van der Waals surface area contributed by atoms with Gasteiger partial charge in [-0.05, 0) is 54.9 Å². The van der Waals surface area contributed by atoms with Gasteiger partial charge in [-0.3, -0.25) is 0 Å². The number of benzene rings is 3. The lowest BCUT2D eigenvalue weighted by molar-refractivity contribution is 0.296. The number of rotatable bonds is 9. The highest BCUT2D eigenvalue weighted by Crippen LogP contribution is 2.24. The van der Waals surface area contributed by atoms with E-state index in [2.05, 4.69) is 17.4 Å². The van der Waals surface area contributed by atoms with Crippen LogP contribution in [0.1, 0.15) is 16.7 Å². The summed E-state index contributed by atoms with van der Waals surface area (Å²) < 4.78 is 24.8. The summed E-state index contributed by atoms with van der Waals surface area (Å²) in [7, 11) is 1.66. The maximum atomic E-state index is 13.8. The lowest BCUT2D eigenvalue weighted by atomic mass is 10.1. The maximum Gasteiger partial charge on any atom is 0.129 e. The van der Waals surface area contributed by atoms with Gasteiger partial charge < -0.3 is 14.8 Å². The number of hydrogen-bond acceptors (Lipinski definition) is 3. The SMILES string of the molecule is COc1ccc(CCNCc2cc(Cl)ccc2OCc2ccccc2F)cc1. The second kappa shape index (κ2) is 10.1. The van der Waals surface area contributed by atoms with E-state index in [0.29, 0.717) is 22.9 Å². The molecule has 0 saturated heterocycles. The Kier molecular flexibility index (Phi) is 7.29. The van der Waals surface area contributed by atoms with Crippen molar-refractivity contribution >= 4 is 11.6 Å². The Bertz CT molecular complexity index is 899. The molecule has 0 heterocycles. The highest BCUT2D eigenvalue weighted by Gasteiger charge is 2.07. The Labute approximate surface area is 170 Å². The minimum absolute atomic E-state index is 0.174. The molecule has 0 aliphatic carbocycles. The van der Waals surface area contributed by atoms with Crippen LogP contribution >= 0.6 is 11.6 Å². The van der Waals surface area contributed by atoms with E-state index < -0.39 is 0 Å². The van der Waals surface area contributed by atoms with E-state index in [9.17, 15) is 4.39 Å². The second-order valence-corrected chi connectivity index (χ2v) is 6.84. The van der Waals surface area contributed by atoms with Crippen molar-refractivity contribution in [2.24, 2.45) is 0 Å². The molecule has 0 saturated carbocycles. The maximum absolute atomic E-state index is 13.8. The molecule has 1 N–H and O–H groups in total. The van der Waals surface area contributed by atoms with Crippen molar-refractivity contribution in [3.8, 4) is 11.5 Å². The van der Waals surface area contributed by atoms with Gasteiger partial charge in [0.25, 0.3) is 0 Å². The minimum Gasteiger partial charge on any atom is -0.497 e. The van der Waals surface area contributed by atoms with Crippen LogP contribution in [0, 0.1) is 5.82 Å². The Hall–Kier alpha value is -2.56. The van der Waals surface area contributed by atoms with E-state index in [4.69, 9.17) is 21.1 Å². The van der Waals surface area contributed by atoms with Gasteiger partial charge in [0.1, 0.15) is 23.9 Å². The normalized spacial score (nSPS) is 10.7. The van der Waals surface area contributed by atoms with E-state index >= 15 is 0 Å². The first-order valence-corrected chi connectivity index (χ1v) is 9.52. The summed E-state index contributed by atoms with van der Waals surface area (Å²) in [5.41, 5.74) is 2.70. The molecule has 0 aromatic heterocycles. The zero-order valence-electron chi connectivity index (χ0n) is 15.8. The number of nitrogens with one attached hydrogen (secondary N) is 1. The third-order valence-corrected chi connectivity index (χ3v) is 4.66. The lowest BCUT2D eigenvalue weighted by Gasteiger charge is -2.13.